The first-order valence-corrected chi connectivity index (χ1v) is 9.53. The molecule has 3 fully saturated rings. The van der Waals surface area contributed by atoms with Crippen LogP contribution in [0.1, 0.15) is 35.0 Å². The third kappa shape index (κ3) is 3.34. The number of carbonyl (C=O) groups excluding carboxylic acids is 2. The van der Waals surface area contributed by atoms with E-state index < -0.39 is 0 Å². The Labute approximate surface area is 154 Å². The summed E-state index contributed by atoms with van der Waals surface area (Å²) in [5.41, 5.74) is 2.73. The molecule has 2 unspecified atom stereocenters. The van der Waals surface area contributed by atoms with Gasteiger partial charge in [-0.15, -0.1) is 11.3 Å². The van der Waals surface area contributed by atoms with Crippen LogP contribution in [0.4, 0.5) is 0 Å². The van der Waals surface area contributed by atoms with Crippen molar-refractivity contribution in [1.29, 1.82) is 0 Å². The van der Waals surface area contributed by atoms with E-state index in [1.165, 1.54) is 7.05 Å². The standard InChI is InChI=1S/C16H20N6O3S/c1-17-15(23)14-19-13(25-20-14)7-21-4-10-2-3-12(6-21)22(16(10)24)5-11-8-26-9-18-11/h8-10,12H,2-7H2,1H3,(H,17,23). The SMILES string of the molecule is CNC(=O)c1noc(CN2CC3CCC(C2)N(Cc2cscn2)C3=O)n1. The van der Waals surface area contributed by atoms with Crippen LogP contribution in [0.5, 0.6) is 0 Å². The molecule has 2 aromatic rings. The lowest BCUT2D eigenvalue weighted by atomic mass is 9.94. The fourth-order valence-electron chi connectivity index (χ4n) is 3.67. The van der Waals surface area contributed by atoms with Gasteiger partial charge in [-0.25, -0.2) is 4.98 Å². The Morgan fingerprint density at radius 3 is 3.04 bits per heavy atom. The number of hydrogen-bond donors (Lipinski definition) is 1. The summed E-state index contributed by atoms with van der Waals surface area (Å²) >= 11 is 1.54. The van der Waals surface area contributed by atoms with Crippen molar-refractivity contribution in [3.8, 4) is 0 Å². The van der Waals surface area contributed by atoms with Crippen LogP contribution in [0.2, 0.25) is 0 Å². The Morgan fingerprint density at radius 1 is 1.38 bits per heavy atom. The first-order valence-electron chi connectivity index (χ1n) is 8.58. The van der Waals surface area contributed by atoms with E-state index in [0.29, 0.717) is 25.5 Å². The van der Waals surface area contributed by atoms with Crippen molar-refractivity contribution in [2.24, 2.45) is 5.92 Å². The molecule has 2 atom stereocenters. The van der Waals surface area contributed by atoms with Crippen LogP contribution in [0.25, 0.3) is 0 Å². The van der Waals surface area contributed by atoms with Crippen molar-refractivity contribution < 1.29 is 14.1 Å². The van der Waals surface area contributed by atoms with Gasteiger partial charge in [-0.1, -0.05) is 5.16 Å². The Bertz CT molecular complexity index is 792. The smallest absolute Gasteiger partial charge is 0.292 e. The molecule has 26 heavy (non-hydrogen) atoms. The van der Waals surface area contributed by atoms with Crippen molar-refractivity contribution >= 4 is 23.2 Å². The van der Waals surface area contributed by atoms with Crippen molar-refractivity contribution in [3.05, 3.63) is 28.3 Å². The van der Waals surface area contributed by atoms with Crippen LogP contribution in [0.15, 0.2) is 15.4 Å². The van der Waals surface area contributed by atoms with Gasteiger partial charge in [-0.3, -0.25) is 14.5 Å². The molecule has 3 saturated heterocycles. The van der Waals surface area contributed by atoms with E-state index in [1.54, 1.807) is 16.8 Å². The molecule has 5 heterocycles. The van der Waals surface area contributed by atoms with Crippen LogP contribution < -0.4 is 5.32 Å². The monoisotopic (exact) mass is 376 g/mol. The van der Waals surface area contributed by atoms with Gasteiger partial charge in [0.1, 0.15) is 0 Å². The summed E-state index contributed by atoms with van der Waals surface area (Å²) in [4.78, 5) is 37.0. The lowest BCUT2D eigenvalue weighted by Crippen LogP contribution is -2.47. The van der Waals surface area contributed by atoms with Crippen LogP contribution in [0, 0.1) is 5.92 Å². The predicted octanol–water partition coefficient (Wildman–Crippen LogP) is 0.509. The summed E-state index contributed by atoms with van der Waals surface area (Å²) in [5, 5.41) is 8.16. The van der Waals surface area contributed by atoms with E-state index in [-0.39, 0.29) is 29.6 Å². The van der Waals surface area contributed by atoms with Crippen LogP contribution >= 0.6 is 11.3 Å². The maximum Gasteiger partial charge on any atom is 0.292 e. The average Bonchev–Trinajstić information content (AvgIpc) is 3.25. The first-order chi connectivity index (χ1) is 12.6. The summed E-state index contributed by atoms with van der Waals surface area (Å²) in [6, 6.07) is 0.157. The van der Waals surface area contributed by atoms with Crippen LogP contribution in [-0.2, 0) is 17.9 Å². The molecular formula is C16H20N6O3S. The van der Waals surface area contributed by atoms with Gasteiger partial charge in [0.15, 0.2) is 0 Å². The van der Waals surface area contributed by atoms with Crippen molar-refractivity contribution in [1.82, 2.24) is 30.2 Å². The van der Waals surface area contributed by atoms with Crippen molar-refractivity contribution in [3.63, 3.8) is 0 Å². The minimum atomic E-state index is -0.374. The van der Waals surface area contributed by atoms with Gasteiger partial charge in [0.25, 0.3) is 11.7 Å². The molecule has 0 aromatic carbocycles. The van der Waals surface area contributed by atoms with Gasteiger partial charge in [-0.2, -0.15) is 4.98 Å². The summed E-state index contributed by atoms with van der Waals surface area (Å²) in [7, 11) is 1.52. The highest BCUT2D eigenvalue weighted by Crippen LogP contribution is 2.31. The van der Waals surface area contributed by atoms with E-state index >= 15 is 0 Å². The highest BCUT2D eigenvalue weighted by atomic mass is 32.1. The zero-order valence-electron chi connectivity index (χ0n) is 14.4. The maximum atomic E-state index is 12.8. The Balaban J connectivity index is 1.46. The summed E-state index contributed by atoms with van der Waals surface area (Å²) < 4.78 is 5.19. The van der Waals surface area contributed by atoms with E-state index in [2.05, 4.69) is 25.3 Å². The quantitative estimate of drug-likeness (QED) is 0.811. The lowest BCUT2D eigenvalue weighted by Gasteiger charge is -2.35. The van der Waals surface area contributed by atoms with E-state index in [4.69, 9.17) is 4.52 Å². The van der Waals surface area contributed by atoms with Gasteiger partial charge in [0, 0.05) is 31.6 Å². The van der Waals surface area contributed by atoms with Crippen LogP contribution in [-0.4, -0.2) is 62.9 Å². The van der Waals surface area contributed by atoms with Gasteiger partial charge < -0.3 is 14.7 Å². The molecule has 0 radical (unpaired) electrons. The van der Waals surface area contributed by atoms with E-state index in [9.17, 15) is 9.59 Å². The molecule has 0 spiro atoms. The molecular weight excluding hydrogens is 356 g/mol. The normalized spacial score (nSPS) is 23.3. The van der Waals surface area contributed by atoms with Crippen molar-refractivity contribution in [2.45, 2.75) is 32.0 Å². The second-order valence-electron chi connectivity index (χ2n) is 6.66. The summed E-state index contributed by atoms with van der Waals surface area (Å²) in [6.07, 6.45) is 1.89. The molecule has 2 bridgehead atoms. The predicted molar refractivity (Wildman–Crippen MR) is 92.1 cm³/mol. The Morgan fingerprint density at radius 2 is 2.27 bits per heavy atom. The van der Waals surface area contributed by atoms with E-state index in [0.717, 1.165) is 25.1 Å². The number of fused-ring (bicyclic) bond motifs is 4. The van der Waals surface area contributed by atoms with Gasteiger partial charge in [-0.05, 0) is 12.8 Å². The fraction of sp³-hybridized carbons (Fsp3) is 0.562. The number of carbonyl (C=O) groups is 2. The molecule has 10 heteroatoms. The largest absolute Gasteiger partial charge is 0.352 e. The molecule has 3 aliphatic heterocycles. The number of aromatic nitrogens is 3. The second kappa shape index (κ2) is 7.12. The van der Waals surface area contributed by atoms with Crippen molar-refractivity contribution in [2.75, 3.05) is 20.1 Å². The molecule has 1 N–H and O–H groups in total. The third-order valence-corrected chi connectivity index (χ3v) is 5.58. The molecule has 2 aromatic heterocycles. The Kier molecular flexibility index (Phi) is 4.68. The minimum absolute atomic E-state index is 0.0197. The number of rotatable bonds is 5. The molecule has 5 rings (SSSR count). The van der Waals surface area contributed by atoms with Gasteiger partial charge in [0.2, 0.25) is 11.8 Å². The number of hydrogen-bond acceptors (Lipinski definition) is 8. The second-order valence-corrected chi connectivity index (χ2v) is 7.38. The van der Waals surface area contributed by atoms with Gasteiger partial charge >= 0.3 is 0 Å². The lowest BCUT2D eigenvalue weighted by molar-refractivity contribution is -0.140. The number of nitrogens with one attached hydrogen (secondary N) is 1. The average molecular weight is 376 g/mol. The summed E-state index contributed by atoms with van der Waals surface area (Å²) in [5.74, 6) is 0.229. The zero-order chi connectivity index (χ0) is 18.1. The number of thiazole rings is 1. The molecule has 0 aliphatic carbocycles. The molecule has 3 aliphatic rings. The number of nitrogens with zero attached hydrogens (tertiary/aromatic N) is 5. The fourth-order valence-corrected chi connectivity index (χ4v) is 4.22. The molecule has 138 valence electrons. The highest BCUT2D eigenvalue weighted by molar-refractivity contribution is 7.07. The third-order valence-electron chi connectivity index (χ3n) is 4.94. The minimum Gasteiger partial charge on any atom is -0.352 e. The van der Waals surface area contributed by atoms with E-state index in [1.807, 2.05) is 10.3 Å². The highest BCUT2D eigenvalue weighted by Gasteiger charge is 2.41. The first kappa shape index (κ1) is 17.1. The molecule has 2 amide bonds. The van der Waals surface area contributed by atoms with Crippen LogP contribution in [0.3, 0.4) is 0 Å². The molecule has 9 nitrogen and oxygen atoms in total. The maximum absolute atomic E-state index is 12.8. The topological polar surface area (TPSA) is 104 Å². The Hall–Kier alpha value is -2.33. The number of piperidine rings is 1. The number of amides is 2. The molecule has 0 saturated carbocycles. The van der Waals surface area contributed by atoms with Gasteiger partial charge in [0.05, 0.1) is 30.2 Å². The summed E-state index contributed by atoms with van der Waals surface area (Å²) in [6.45, 7) is 2.43. The zero-order valence-corrected chi connectivity index (χ0v) is 15.2.